The molecule has 6 nitrogen and oxygen atoms in total. The number of nitrogens with zero attached hydrogens (tertiary/aromatic N) is 2. The van der Waals surface area contributed by atoms with Crippen LogP contribution < -0.4 is 9.21 Å². The van der Waals surface area contributed by atoms with E-state index < -0.39 is 15.9 Å². The summed E-state index contributed by atoms with van der Waals surface area (Å²) in [7, 11) is -3.71. The summed E-state index contributed by atoms with van der Waals surface area (Å²) in [4.78, 5) is 27.1. The molecule has 0 bridgehead atoms. The Kier molecular flexibility index (Phi) is 5.80. The number of carbonyl (C=O) groups is 2. The second kappa shape index (κ2) is 8.53. The van der Waals surface area contributed by atoms with E-state index in [0.717, 1.165) is 9.87 Å². The van der Waals surface area contributed by atoms with Crippen molar-refractivity contribution in [3.63, 3.8) is 0 Å². The molecule has 0 spiro atoms. The molecule has 1 heterocycles. The first-order valence-corrected chi connectivity index (χ1v) is 11.6. The third kappa shape index (κ3) is 4.33. The number of amides is 2. The van der Waals surface area contributed by atoms with Gasteiger partial charge in [0.05, 0.1) is 28.6 Å². The molecule has 0 aliphatic carbocycles. The van der Waals surface area contributed by atoms with E-state index in [1.54, 1.807) is 4.90 Å². The molecule has 4 rings (SSSR count). The van der Waals surface area contributed by atoms with Crippen LogP contribution in [0, 0.1) is 0 Å². The van der Waals surface area contributed by atoms with E-state index in [-0.39, 0.29) is 34.4 Å². The Morgan fingerprint density at radius 3 is 2.19 bits per heavy atom. The van der Waals surface area contributed by atoms with Gasteiger partial charge >= 0.3 is 0 Å². The van der Waals surface area contributed by atoms with Gasteiger partial charge in [-0.05, 0) is 35.9 Å². The first-order valence-electron chi connectivity index (χ1n) is 9.63. The fraction of sp³-hybridized carbons (Fsp3) is 0.130. The minimum absolute atomic E-state index is 0.0699. The van der Waals surface area contributed by atoms with Gasteiger partial charge in [-0.1, -0.05) is 60.1 Å². The summed E-state index contributed by atoms with van der Waals surface area (Å²) in [5.74, 6) is -1.07. The van der Waals surface area contributed by atoms with Gasteiger partial charge in [-0.3, -0.25) is 9.59 Å². The summed E-state index contributed by atoms with van der Waals surface area (Å²) < 4.78 is 25.1. The van der Waals surface area contributed by atoms with Gasteiger partial charge in [0.1, 0.15) is 0 Å². The number of halogens is 1. The summed E-state index contributed by atoms with van der Waals surface area (Å²) >= 11 is 6.40. The highest BCUT2D eigenvalue weighted by Gasteiger charge is 2.36. The third-order valence-electron chi connectivity index (χ3n) is 4.99. The van der Waals surface area contributed by atoms with E-state index in [1.807, 2.05) is 60.7 Å². The number of sulfonamides is 1. The van der Waals surface area contributed by atoms with Crippen LogP contribution in [-0.4, -0.2) is 26.0 Å². The van der Waals surface area contributed by atoms with Gasteiger partial charge in [0, 0.05) is 12.1 Å². The summed E-state index contributed by atoms with van der Waals surface area (Å²) in [6.07, 6.45) is -0.0699. The molecular formula is C23H19ClN2O4S. The van der Waals surface area contributed by atoms with Crippen molar-refractivity contribution < 1.29 is 18.0 Å². The van der Waals surface area contributed by atoms with Crippen LogP contribution in [0.2, 0.25) is 5.02 Å². The molecule has 31 heavy (non-hydrogen) atoms. The maximum atomic E-state index is 13.4. The lowest BCUT2D eigenvalue weighted by atomic mass is 10.1. The van der Waals surface area contributed by atoms with E-state index in [2.05, 4.69) is 0 Å². The fourth-order valence-corrected chi connectivity index (χ4v) is 5.18. The van der Waals surface area contributed by atoms with Crippen LogP contribution >= 0.6 is 11.6 Å². The largest absolute Gasteiger partial charge is 0.304 e. The van der Waals surface area contributed by atoms with Crippen molar-refractivity contribution in [2.45, 2.75) is 13.0 Å². The predicted octanol–water partition coefficient (Wildman–Crippen LogP) is 4.25. The van der Waals surface area contributed by atoms with Gasteiger partial charge in [-0.25, -0.2) is 12.7 Å². The molecule has 2 amide bonds. The average molecular weight is 455 g/mol. The lowest BCUT2D eigenvalue weighted by molar-refractivity contribution is -0.116. The molecule has 3 aromatic carbocycles. The Morgan fingerprint density at radius 2 is 1.61 bits per heavy atom. The first-order chi connectivity index (χ1) is 14.9. The lowest BCUT2D eigenvalue weighted by Gasteiger charge is -2.24. The van der Waals surface area contributed by atoms with Gasteiger partial charge < -0.3 is 4.90 Å². The molecular weight excluding hydrogens is 436 g/mol. The van der Waals surface area contributed by atoms with Crippen molar-refractivity contribution >= 4 is 44.8 Å². The molecule has 8 heteroatoms. The van der Waals surface area contributed by atoms with E-state index >= 15 is 0 Å². The zero-order valence-corrected chi connectivity index (χ0v) is 18.0. The number of hydrogen-bond donors (Lipinski definition) is 0. The fourth-order valence-electron chi connectivity index (χ4n) is 3.47. The second-order valence-corrected chi connectivity index (χ2v) is 9.45. The molecule has 0 unspecified atom stereocenters. The van der Waals surface area contributed by atoms with Crippen LogP contribution in [0.4, 0.5) is 11.4 Å². The number of hydrogen-bond acceptors (Lipinski definition) is 4. The van der Waals surface area contributed by atoms with Crippen LogP contribution in [0.15, 0.2) is 78.9 Å². The molecule has 0 radical (unpaired) electrons. The molecule has 1 aliphatic rings. The third-order valence-corrected chi connectivity index (χ3v) is 7.00. The Bertz CT molecular complexity index is 1230. The molecule has 1 aliphatic heterocycles. The SMILES string of the molecule is O=C(c1ccc(N2C(=O)CCS2(=O)=O)cc1Cl)N(Cc1ccccc1)c1ccccc1. The minimum atomic E-state index is -3.71. The Labute approximate surface area is 185 Å². The Hall–Kier alpha value is -3.16. The van der Waals surface area contributed by atoms with Crippen LogP contribution in [0.3, 0.4) is 0 Å². The van der Waals surface area contributed by atoms with Crippen molar-refractivity contribution in [3.8, 4) is 0 Å². The molecule has 0 atom stereocenters. The highest BCUT2D eigenvalue weighted by molar-refractivity contribution is 7.94. The average Bonchev–Trinajstić information content (AvgIpc) is 3.05. The first kappa shape index (κ1) is 21.1. The Balaban J connectivity index is 1.69. The normalized spacial score (nSPS) is 15.1. The monoisotopic (exact) mass is 454 g/mol. The van der Waals surface area contributed by atoms with E-state index in [1.165, 1.54) is 18.2 Å². The van der Waals surface area contributed by atoms with Crippen molar-refractivity contribution in [2.24, 2.45) is 0 Å². The van der Waals surface area contributed by atoms with Crippen LogP contribution in [-0.2, 0) is 21.4 Å². The zero-order valence-electron chi connectivity index (χ0n) is 16.4. The van der Waals surface area contributed by atoms with Crippen molar-refractivity contribution in [1.29, 1.82) is 0 Å². The molecule has 0 N–H and O–H groups in total. The minimum Gasteiger partial charge on any atom is -0.304 e. The molecule has 1 saturated heterocycles. The standard InChI is InChI=1S/C23H19ClN2O4S/c24-21-15-19(26-22(27)13-14-31(26,29)30)11-12-20(21)23(28)25(18-9-5-2-6-10-18)16-17-7-3-1-4-8-17/h1-12,15H,13-14,16H2. The van der Waals surface area contributed by atoms with Crippen LogP contribution in [0.1, 0.15) is 22.3 Å². The van der Waals surface area contributed by atoms with E-state index in [9.17, 15) is 18.0 Å². The molecule has 0 aromatic heterocycles. The summed E-state index contributed by atoms with van der Waals surface area (Å²) in [5, 5.41) is 0.0754. The van der Waals surface area contributed by atoms with Gasteiger partial charge in [0.2, 0.25) is 15.9 Å². The topological polar surface area (TPSA) is 74.8 Å². The van der Waals surface area contributed by atoms with Gasteiger partial charge in [0.15, 0.2) is 0 Å². The molecule has 0 saturated carbocycles. The summed E-state index contributed by atoms with van der Waals surface area (Å²) in [6.45, 7) is 0.334. The lowest BCUT2D eigenvalue weighted by Crippen LogP contribution is -2.31. The second-order valence-electron chi connectivity index (χ2n) is 7.10. The Morgan fingerprint density at radius 1 is 0.968 bits per heavy atom. The van der Waals surface area contributed by atoms with Crippen LogP contribution in [0.25, 0.3) is 0 Å². The highest BCUT2D eigenvalue weighted by atomic mass is 35.5. The van der Waals surface area contributed by atoms with Crippen molar-refractivity contribution in [3.05, 3.63) is 95.0 Å². The molecule has 1 fully saturated rings. The molecule has 158 valence electrons. The summed E-state index contributed by atoms with van der Waals surface area (Å²) in [5.41, 5.74) is 2.00. The number of para-hydroxylation sites is 1. The quantitative estimate of drug-likeness (QED) is 0.577. The number of anilines is 2. The van der Waals surface area contributed by atoms with E-state index in [0.29, 0.717) is 12.2 Å². The molecule has 3 aromatic rings. The van der Waals surface area contributed by atoms with Crippen LogP contribution in [0.5, 0.6) is 0 Å². The zero-order chi connectivity index (χ0) is 22.0. The predicted molar refractivity (Wildman–Crippen MR) is 121 cm³/mol. The van der Waals surface area contributed by atoms with Gasteiger partial charge in [-0.15, -0.1) is 0 Å². The van der Waals surface area contributed by atoms with Crippen molar-refractivity contribution in [1.82, 2.24) is 0 Å². The van der Waals surface area contributed by atoms with Crippen molar-refractivity contribution in [2.75, 3.05) is 15.0 Å². The smallest absolute Gasteiger partial charge is 0.260 e. The van der Waals surface area contributed by atoms with Gasteiger partial charge in [0.25, 0.3) is 5.91 Å². The summed E-state index contributed by atoms with van der Waals surface area (Å²) in [6, 6.07) is 23.0. The number of rotatable bonds is 5. The number of benzene rings is 3. The maximum Gasteiger partial charge on any atom is 0.260 e. The van der Waals surface area contributed by atoms with Gasteiger partial charge in [-0.2, -0.15) is 0 Å². The van der Waals surface area contributed by atoms with E-state index in [4.69, 9.17) is 11.6 Å². The maximum absolute atomic E-state index is 13.4. The highest BCUT2D eigenvalue weighted by Crippen LogP contribution is 2.31. The number of carbonyl (C=O) groups excluding carboxylic acids is 2.